The van der Waals surface area contributed by atoms with Crippen molar-refractivity contribution in [1.82, 2.24) is 10.3 Å². The lowest BCUT2D eigenvalue weighted by atomic mass is 10.2. The number of aromatic nitrogens is 1. The zero-order valence-corrected chi connectivity index (χ0v) is 11.2. The Hall–Kier alpha value is -1.09. The van der Waals surface area contributed by atoms with Gasteiger partial charge in [-0.2, -0.15) is 0 Å². The Balaban J connectivity index is 1.68. The SMILES string of the molecule is Cc1ccc(N(CC2CC2)CC2CCCN2)nc1. The molecule has 1 unspecified atom stereocenters. The van der Waals surface area contributed by atoms with Gasteiger partial charge in [-0.05, 0) is 56.7 Å². The minimum absolute atomic E-state index is 0.659. The maximum atomic E-state index is 4.60. The van der Waals surface area contributed by atoms with Crippen molar-refractivity contribution in [2.75, 3.05) is 24.5 Å². The number of hydrogen-bond acceptors (Lipinski definition) is 3. The predicted octanol–water partition coefficient (Wildman–Crippen LogP) is 2.36. The van der Waals surface area contributed by atoms with E-state index in [0.717, 1.165) is 18.3 Å². The van der Waals surface area contributed by atoms with Crippen LogP contribution < -0.4 is 10.2 Å². The Morgan fingerprint density at radius 2 is 2.17 bits per heavy atom. The maximum Gasteiger partial charge on any atom is 0.128 e. The molecule has 0 radical (unpaired) electrons. The first-order valence-corrected chi connectivity index (χ1v) is 7.22. The number of hydrogen-bond donors (Lipinski definition) is 1. The topological polar surface area (TPSA) is 28.2 Å². The minimum atomic E-state index is 0.659. The van der Waals surface area contributed by atoms with E-state index in [9.17, 15) is 0 Å². The van der Waals surface area contributed by atoms with E-state index < -0.39 is 0 Å². The lowest BCUT2D eigenvalue weighted by Gasteiger charge is -2.27. The molecule has 1 saturated heterocycles. The molecule has 0 spiro atoms. The molecule has 1 aromatic rings. The fourth-order valence-corrected chi connectivity index (χ4v) is 2.70. The van der Waals surface area contributed by atoms with E-state index in [1.807, 2.05) is 6.20 Å². The van der Waals surface area contributed by atoms with Crippen LogP contribution in [0.25, 0.3) is 0 Å². The van der Waals surface area contributed by atoms with E-state index in [0.29, 0.717) is 6.04 Å². The van der Waals surface area contributed by atoms with Crippen LogP contribution in [-0.4, -0.2) is 30.7 Å². The van der Waals surface area contributed by atoms with Crippen LogP contribution in [0.1, 0.15) is 31.2 Å². The van der Waals surface area contributed by atoms with E-state index in [4.69, 9.17) is 0 Å². The van der Waals surface area contributed by atoms with Crippen molar-refractivity contribution in [3.63, 3.8) is 0 Å². The van der Waals surface area contributed by atoms with Gasteiger partial charge in [-0.25, -0.2) is 4.98 Å². The number of anilines is 1. The molecule has 0 bridgehead atoms. The first-order chi connectivity index (χ1) is 8.81. The number of pyridine rings is 1. The number of nitrogens with one attached hydrogen (secondary N) is 1. The van der Waals surface area contributed by atoms with Crippen LogP contribution in [0.15, 0.2) is 18.3 Å². The molecular formula is C15H23N3. The van der Waals surface area contributed by atoms with Gasteiger partial charge in [-0.3, -0.25) is 0 Å². The van der Waals surface area contributed by atoms with Gasteiger partial charge >= 0.3 is 0 Å². The normalized spacial score (nSPS) is 23.3. The Morgan fingerprint density at radius 3 is 2.78 bits per heavy atom. The van der Waals surface area contributed by atoms with Gasteiger partial charge < -0.3 is 10.2 Å². The van der Waals surface area contributed by atoms with Crippen LogP contribution in [-0.2, 0) is 0 Å². The summed E-state index contributed by atoms with van der Waals surface area (Å²) in [7, 11) is 0. The Morgan fingerprint density at radius 1 is 1.28 bits per heavy atom. The third-order valence-electron chi connectivity index (χ3n) is 4.00. The summed E-state index contributed by atoms with van der Waals surface area (Å²) >= 11 is 0. The molecule has 2 heterocycles. The average molecular weight is 245 g/mol. The molecule has 1 aromatic heterocycles. The average Bonchev–Trinajstić information content (AvgIpc) is 3.04. The van der Waals surface area contributed by atoms with E-state index in [1.165, 1.54) is 44.3 Å². The number of rotatable bonds is 5. The van der Waals surface area contributed by atoms with E-state index in [2.05, 4.69) is 34.3 Å². The van der Waals surface area contributed by atoms with Crippen LogP contribution in [0.3, 0.4) is 0 Å². The van der Waals surface area contributed by atoms with Gasteiger partial charge in [0.1, 0.15) is 5.82 Å². The summed E-state index contributed by atoms with van der Waals surface area (Å²) < 4.78 is 0. The smallest absolute Gasteiger partial charge is 0.128 e. The van der Waals surface area contributed by atoms with Gasteiger partial charge in [0.2, 0.25) is 0 Å². The highest BCUT2D eigenvalue weighted by atomic mass is 15.2. The Bertz CT molecular complexity index is 377. The molecule has 2 aliphatic rings. The standard InChI is InChI=1S/C15H23N3/c1-12-4-7-15(17-9-12)18(10-13-5-6-13)11-14-3-2-8-16-14/h4,7,9,13-14,16H,2-3,5-6,8,10-11H2,1H3. The summed E-state index contributed by atoms with van der Waals surface area (Å²) in [6.07, 6.45) is 7.43. The molecule has 1 atom stereocenters. The minimum Gasteiger partial charge on any atom is -0.355 e. The lowest BCUT2D eigenvalue weighted by Crippen LogP contribution is -2.39. The highest BCUT2D eigenvalue weighted by molar-refractivity contribution is 5.39. The fraction of sp³-hybridized carbons (Fsp3) is 0.667. The molecule has 3 nitrogen and oxygen atoms in total. The Kier molecular flexibility index (Phi) is 3.50. The third kappa shape index (κ3) is 3.02. The molecule has 3 rings (SSSR count). The molecular weight excluding hydrogens is 222 g/mol. The Labute approximate surface area is 110 Å². The second-order valence-corrected chi connectivity index (χ2v) is 5.84. The van der Waals surface area contributed by atoms with Crippen LogP contribution in [0.5, 0.6) is 0 Å². The van der Waals surface area contributed by atoms with Crippen molar-refractivity contribution >= 4 is 5.82 Å². The zero-order valence-electron chi connectivity index (χ0n) is 11.2. The maximum absolute atomic E-state index is 4.60. The van der Waals surface area contributed by atoms with Crippen molar-refractivity contribution in [1.29, 1.82) is 0 Å². The molecule has 3 heteroatoms. The van der Waals surface area contributed by atoms with Gasteiger partial charge in [-0.15, -0.1) is 0 Å². The highest BCUT2D eigenvalue weighted by Crippen LogP contribution is 2.31. The first-order valence-electron chi connectivity index (χ1n) is 7.22. The molecule has 2 fully saturated rings. The number of nitrogens with zero attached hydrogens (tertiary/aromatic N) is 2. The molecule has 18 heavy (non-hydrogen) atoms. The van der Waals surface area contributed by atoms with Crippen molar-refractivity contribution < 1.29 is 0 Å². The van der Waals surface area contributed by atoms with Crippen molar-refractivity contribution in [2.45, 2.75) is 38.6 Å². The van der Waals surface area contributed by atoms with Gasteiger partial charge in [0.25, 0.3) is 0 Å². The van der Waals surface area contributed by atoms with Crippen LogP contribution in [0, 0.1) is 12.8 Å². The first kappa shape index (κ1) is 12.0. The summed E-state index contributed by atoms with van der Waals surface area (Å²) in [5.41, 5.74) is 1.24. The summed E-state index contributed by atoms with van der Waals surface area (Å²) in [6, 6.07) is 5.00. The quantitative estimate of drug-likeness (QED) is 0.863. The predicted molar refractivity (Wildman–Crippen MR) is 74.9 cm³/mol. The molecule has 1 N–H and O–H groups in total. The fourth-order valence-electron chi connectivity index (χ4n) is 2.70. The summed E-state index contributed by atoms with van der Waals surface area (Å²) in [4.78, 5) is 7.09. The van der Waals surface area contributed by atoms with Gasteiger partial charge in [0, 0.05) is 25.3 Å². The van der Waals surface area contributed by atoms with Crippen LogP contribution in [0.2, 0.25) is 0 Å². The molecule has 0 amide bonds. The third-order valence-corrected chi connectivity index (χ3v) is 4.00. The number of aryl methyl sites for hydroxylation is 1. The molecule has 1 aliphatic carbocycles. The van der Waals surface area contributed by atoms with Crippen molar-refractivity contribution in [3.8, 4) is 0 Å². The van der Waals surface area contributed by atoms with Crippen LogP contribution >= 0.6 is 0 Å². The van der Waals surface area contributed by atoms with E-state index in [1.54, 1.807) is 0 Å². The monoisotopic (exact) mass is 245 g/mol. The van der Waals surface area contributed by atoms with Gasteiger partial charge in [0.15, 0.2) is 0 Å². The summed E-state index contributed by atoms with van der Waals surface area (Å²) in [5, 5.41) is 3.59. The molecule has 98 valence electrons. The summed E-state index contributed by atoms with van der Waals surface area (Å²) in [5.74, 6) is 2.07. The zero-order chi connectivity index (χ0) is 12.4. The second kappa shape index (κ2) is 5.27. The van der Waals surface area contributed by atoms with Gasteiger partial charge in [-0.1, -0.05) is 6.07 Å². The highest BCUT2D eigenvalue weighted by Gasteiger charge is 2.27. The second-order valence-electron chi connectivity index (χ2n) is 5.84. The molecule has 1 saturated carbocycles. The molecule has 1 aliphatic heterocycles. The lowest BCUT2D eigenvalue weighted by molar-refractivity contribution is 0.567. The van der Waals surface area contributed by atoms with Gasteiger partial charge in [0.05, 0.1) is 0 Å². The van der Waals surface area contributed by atoms with Crippen molar-refractivity contribution in [3.05, 3.63) is 23.9 Å². The van der Waals surface area contributed by atoms with E-state index >= 15 is 0 Å². The van der Waals surface area contributed by atoms with Crippen molar-refractivity contribution in [2.24, 2.45) is 5.92 Å². The summed E-state index contributed by atoms with van der Waals surface area (Å²) in [6.45, 7) is 5.59. The largest absolute Gasteiger partial charge is 0.355 e. The molecule has 0 aromatic carbocycles. The van der Waals surface area contributed by atoms with Crippen LogP contribution in [0.4, 0.5) is 5.82 Å². The van der Waals surface area contributed by atoms with E-state index in [-0.39, 0.29) is 0 Å².